The van der Waals surface area contributed by atoms with E-state index in [2.05, 4.69) is 21.3 Å². The summed E-state index contributed by atoms with van der Waals surface area (Å²) in [5.74, 6) is -4.95. The maximum absolute atomic E-state index is 13.6. The summed E-state index contributed by atoms with van der Waals surface area (Å²) in [6, 6.07) is 0.361. The van der Waals surface area contributed by atoms with Crippen molar-refractivity contribution in [3.63, 3.8) is 0 Å². The van der Waals surface area contributed by atoms with E-state index in [-0.39, 0.29) is 55.6 Å². The lowest BCUT2D eigenvalue weighted by molar-refractivity contribution is -0.144. The molecule has 14 nitrogen and oxygen atoms in total. The summed E-state index contributed by atoms with van der Waals surface area (Å²) >= 11 is 0. The molecule has 5 amide bonds. The van der Waals surface area contributed by atoms with Crippen molar-refractivity contribution in [2.75, 3.05) is 0 Å². The summed E-state index contributed by atoms with van der Waals surface area (Å²) in [5.41, 5.74) is 11.7. The zero-order valence-corrected chi connectivity index (χ0v) is 27.7. The van der Waals surface area contributed by atoms with Gasteiger partial charge < -0.3 is 42.9 Å². The van der Waals surface area contributed by atoms with E-state index < -0.39 is 65.7 Å². The van der Waals surface area contributed by atoms with Crippen LogP contribution in [0, 0.1) is 17.8 Å². The molecule has 0 saturated heterocycles. The third-order valence-corrected chi connectivity index (χ3v) is 7.50. The number of hydrogen-bond acceptors (Lipinski definition) is 8. The molecule has 14 heteroatoms. The molecule has 46 heavy (non-hydrogen) atoms. The molecule has 0 aliphatic carbocycles. The van der Waals surface area contributed by atoms with Crippen LogP contribution in [0.1, 0.15) is 79.2 Å². The SMILES string of the molecule is CC[C@H](C)[C@H](NC(=O)[C@H](CC(C)C)NC(=O)[C@H](CC(C)C)NC(=O)[C@H](Cc1ccc(O)cc1)NC(=O)[C@@H](N)CCC(N)=O)C(=O)O. The zero-order chi connectivity index (χ0) is 35.1. The highest BCUT2D eigenvalue weighted by Gasteiger charge is 2.33. The van der Waals surface area contributed by atoms with E-state index in [0.717, 1.165) is 0 Å². The number of nitrogens with two attached hydrogens (primary N) is 2. The van der Waals surface area contributed by atoms with Crippen LogP contribution in [0.15, 0.2) is 24.3 Å². The highest BCUT2D eigenvalue weighted by Crippen LogP contribution is 2.14. The third-order valence-electron chi connectivity index (χ3n) is 7.50. The predicted molar refractivity (Wildman–Crippen MR) is 172 cm³/mol. The Morgan fingerprint density at radius 1 is 0.739 bits per heavy atom. The second-order valence-corrected chi connectivity index (χ2v) is 12.6. The van der Waals surface area contributed by atoms with Crippen LogP contribution in [-0.4, -0.2) is 75.9 Å². The van der Waals surface area contributed by atoms with E-state index >= 15 is 0 Å². The lowest BCUT2D eigenvalue weighted by Crippen LogP contribution is -2.59. The number of aromatic hydroxyl groups is 1. The Labute approximate surface area is 270 Å². The monoisotopic (exact) mass is 648 g/mol. The van der Waals surface area contributed by atoms with Gasteiger partial charge >= 0.3 is 5.97 Å². The fraction of sp³-hybridized carbons (Fsp3) is 0.625. The summed E-state index contributed by atoms with van der Waals surface area (Å²) in [7, 11) is 0. The summed E-state index contributed by atoms with van der Waals surface area (Å²) in [6.45, 7) is 10.9. The Hall–Kier alpha value is -4.20. The summed E-state index contributed by atoms with van der Waals surface area (Å²) in [6.07, 6.45) is 0.743. The minimum atomic E-state index is -1.19. The molecule has 0 aromatic heterocycles. The lowest BCUT2D eigenvalue weighted by Gasteiger charge is -2.28. The second kappa shape index (κ2) is 19.3. The standard InChI is InChI=1S/C32H52N6O8/c1-7-19(6)27(32(45)46)38-31(44)24(15-18(4)5)37-29(42)23(14-17(2)3)36-30(43)25(16-20-8-10-21(39)11-9-20)35-28(41)22(33)12-13-26(34)40/h8-11,17-19,22-25,27,39H,7,12-16,33H2,1-6H3,(H2,34,40)(H,35,41)(H,36,43)(H,37,42)(H,38,44)(H,45,46)/t19-,22-,23-,24-,25-,27-/m0/s1. The summed E-state index contributed by atoms with van der Waals surface area (Å²) in [5, 5.41) is 29.9. The molecule has 0 unspecified atom stereocenters. The Balaban J connectivity index is 3.26. The molecule has 1 rings (SSSR count). The number of carbonyl (C=O) groups excluding carboxylic acids is 5. The molecular formula is C32H52N6O8. The highest BCUT2D eigenvalue weighted by molar-refractivity contribution is 5.95. The van der Waals surface area contributed by atoms with Crippen molar-refractivity contribution < 1.29 is 39.0 Å². The van der Waals surface area contributed by atoms with Gasteiger partial charge in [0.15, 0.2) is 0 Å². The van der Waals surface area contributed by atoms with Gasteiger partial charge in [-0.25, -0.2) is 4.79 Å². The van der Waals surface area contributed by atoms with Crippen molar-refractivity contribution in [1.82, 2.24) is 21.3 Å². The Kier molecular flexibility index (Phi) is 16.7. The van der Waals surface area contributed by atoms with Crippen molar-refractivity contribution in [2.24, 2.45) is 29.2 Å². The number of nitrogens with one attached hydrogen (secondary N) is 4. The van der Waals surface area contributed by atoms with Crippen LogP contribution < -0.4 is 32.7 Å². The number of benzene rings is 1. The smallest absolute Gasteiger partial charge is 0.326 e. The van der Waals surface area contributed by atoms with E-state index in [1.165, 1.54) is 12.1 Å². The first-order valence-corrected chi connectivity index (χ1v) is 15.7. The normalized spacial score (nSPS) is 15.2. The molecule has 258 valence electrons. The van der Waals surface area contributed by atoms with Crippen LogP contribution in [0.25, 0.3) is 0 Å². The molecule has 0 saturated carbocycles. The van der Waals surface area contributed by atoms with Gasteiger partial charge in [0.2, 0.25) is 29.5 Å². The molecule has 0 bridgehead atoms. The molecule has 0 spiro atoms. The van der Waals surface area contributed by atoms with Crippen LogP contribution in [-0.2, 0) is 35.2 Å². The Morgan fingerprint density at radius 3 is 1.63 bits per heavy atom. The topological polar surface area (TPSA) is 243 Å². The fourth-order valence-corrected chi connectivity index (χ4v) is 4.67. The van der Waals surface area contributed by atoms with Crippen LogP contribution in [0.4, 0.5) is 0 Å². The van der Waals surface area contributed by atoms with Gasteiger partial charge in [-0.15, -0.1) is 0 Å². The van der Waals surface area contributed by atoms with E-state index in [4.69, 9.17) is 11.5 Å². The molecule has 0 aliphatic rings. The maximum Gasteiger partial charge on any atom is 0.326 e. The number of primary amides is 1. The number of carboxylic acids is 1. The van der Waals surface area contributed by atoms with Crippen LogP contribution in [0.3, 0.4) is 0 Å². The van der Waals surface area contributed by atoms with Gasteiger partial charge in [0.1, 0.15) is 29.9 Å². The average Bonchev–Trinajstić information content (AvgIpc) is 2.97. The predicted octanol–water partition coefficient (Wildman–Crippen LogP) is 0.690. The van der Waals surface area contributed by atoms with Crippen LogP contribution in [0.2, 0.25) is 0 Å². The number of phenolic OH excluding ortho intramolecular Hbond substituents is 1. The Bertz CT molecular complexity index is 1190. The van der Waals surface area contributed by atoms with Gasteiger partial charge in [0.05, 0.1) is 6.04 Å². The van der Waals surface area contributed by atoms with E-state index in [1.807, 2.05) is 34.6 Å². The number of hydrogen-bond donors (Lipinski definition) is 8. The molecule has 1 aromatic carbocycles. The molecule has 6 atom stereocenters. The molecule has 0 heterocycles. The van der Waals surface area contributed by atoms with Gasteiger partial charge in [0.25, 0.3) is 0 Å². The van der Waals surface area contributed by atoms with Gasteiger partial charge in [-0.05, 0) is 54.7 Å². The Morgan fingerprint density at radius 2 is 1.20 bits per heavy atom. The molecule has 0 aliphatic heterocycles. The highest BCUT2D eigenvalue weighted by atomic mass is 16.4. The zero-order valence-electron chi connectivity index (χ0n) is 27.7. The number of carbonyl (C=O) groups is 6. The van der Waals surface area contributed by atoms with Crippen molar-refractivity contribution in [3.8, 4) is 5.75 Å². The van der Waals surface area contributed by atoms with E-state index in [9.17, 15) is 39.0 Å². The van der Waals surface area contributed by atoms with Crippen molar-refractivity contribution in [2.45, 2.75) is 110 Å². The fourth-order valence-electron chi connectivity index (χ4n) is 4.67. The number of carboxylic acid groups (broad SMARTS) is 1. The van der Waals surface area contributed by atoms with Crippen LogP contribution >= 0.6 is 0 Å². The van der Waals surface area contributed by atoms with Gasteiger partial charge in [-0.2, -0.15) is 0 Å². The molecule has 0 radical (unpaired) electrons. The van der Waals surface area contributed by atoms with Gasteiger partial charge in [-0.1, -0.05) is 60.1 Å². The average molecular weight is 649 g/mol. The molecular weight excluding hydrogens is 596 g/mol. The van der Waals surface area contributed by atoms with E-state index in [1.54, 1.807) is 19.1 Å². The third kappa shape index (κ3) is 14.3. The maximum atomic E-state index is 13.6. The van der Waals surface area contributed by atoms with Gasteiger partial charge in [0, 0.05) is 12.8 Å². The molecule has 0 fully saturated rings. The minimum absolute atomic E-state index is 0.00902. The lowest BCUT2D eigenvalue weighted by atomic mass is 9.97. The second-order valence-electron chi connectivity index (χ2n) is 12.6. The molecule has 1 aromatic rings. The number of phenols is 1. The van der Waals surface area contributed by atoms with Gasteiger partial charge in [-0.3, -0.25) is 24.0 Å². The van der Waals surface area contributed by atoms with E-state index in [0.29, 0.717) is 12.0 Å². The van der Waals surface area contributed by atoms with Crippen molar-refractivity contribution in [3.05, 3.63) is 29.8 Å². The largest absolute Gasteiger partial charge is 0.508 e. The first-order valence-electron chi connectivity index (χ1n) is 15.7. The number of amides is 5. The summed E-state index contributed by atoms with van der Waals surface area (Å²) < 4.78 is 0. The van der Waals surface area contributed by atoms with Crippen molar-refractivity contribution >= 4 is 35.5 Å². The first-order chi connectivity index (χ1) is 21.4. The first kappa shape index (κ1) is 39.8. The van der Waals surface area contributed by atoms with Crippen molar-refractivity contribution in [1.29, 1.82) is 0 Å². The quantitative estimate of drug-likeness (QED) is 0.0990. The minimum Gasteiger partial charge on any atom is -0.508 e. The number of aliphatic carboxylic acids is 1. The molecule has 10 N–H and O–H groups in total. The number of rotatable bonds is 20. The summed E-state index contributed by atoms with van der Waals surface area (Å²) in [4.78, 5) is 76.4. The van der Waals surface area contributed by atoms with Crippen LogP contribution in [0.5, 0.6) is 5.75 Å².